The van der Waals surface area contributed by atoms with Gasteiger partial charge in [0.15, 0.2) is 0 Å². The molecule has 2 aromatic carbocycles. The van der Waals surface area contributed by atoms with Crippen LogP contribution in [0.15, 0.2) is 36.4 Å². The lowest BCUT2D eigenvalue weighted by molar-refractivity contribution is -0.0583. The van der Waals surface area contributed by atoms with Crippen LogP contribution in [0.1, 0.15) is 42.5 Å². The second kappa shape index (κ2) is 5.94. The molecule has 27 heavy (non-hydrogen) atoms. The molecule has 0 saturated heterocycles. The van der Waals surface area contributed by atoms with E-state index < -0.39 is 23.6 Å². The van der Waals surface area contributed by atoms with Crippen LogP contribution in [-0.4, -0.2) is 32.8 Å². The van der Waals surface area contributed by atoms with Gasteiger partial charge >= 0.3 is 5.97 Å². The average Bonchev–Trinajstić information content (AvgIpc) is 2.88. The Bertz CT molecular complexity index is 1120. The number of aryl methyl sites for hydroxylation is 2. The van der Waals surface area contributed by atoms with Crippen molar-refractivity contribution in [1.29, 1.82) is 0 Å². The summed E-state index contributed by atoms with van der Waals surface area (Å²) < 4.78 is 13.9. The van der Waals surface area contributed by atoms with E-state index in [1.807, 2.05) is 0 Å². The maximum absolute atomic E-state index is 13.9. The normalized spacial score (nSPS) is 13.2. The minimum absolute atomic E-state index is 0.126. The number of benzene rings is 2. The second-order valence-corrected chi connectivity index (χ2v) is 6.04. The molecule has 8 heteroatoms. The first-order chi connectivity index (χ1) is 12.9. The van der Waals surface area contributed by atoms with Gasteiger partial charge in [-0.25, -0.2) is 19.2 Å². The predicted molar refractivity (Wildman–Crippen MR) is 91.3 cm³/mol. The number of nitrogens with zero attached hydrogens (tertiary/aromatic N) is 3. The van der Waals surface area contributed by atoms with Crippen molar-refractivity contribution in [2.24, 2.45) is 0 Å². The van der Waals surface area contributed by atoms with Gasteiger partial charge in [0.2, 0.25) is 0 Å². The number of aromatic nitrogens is 2. The molecule has 1 aliphatic rings. The van der Waals surface area contributed by atoms with Crippen LogP contribution in [0.2, 0.25) is 0 Å². The topological polar surface area (TPSA) is 89.5 Å². The standard InChI is InChI=1S/C19H12FN3O4/c1-9-10(2)22-16-14(7-11(20)8-15(16)21-9)19(26)27-23-17(24)12-5-3-4-6-13(12)18(23)25/h3-8H,1-2H3. The first-order valence-corrected chi connectivity index (χ1v) is 8.01. The molecule has 0 fully saturated rings. The molecule has 1 aromatic heterocycles. The zero-order valence-corrected chi connectivity index (χ0v) is 14.3. The van der Waals surface area contributed by atoms with Gasteiger partial charge in [0.05, 0.1) is 33.6 Å². The van der Waals surface area contributed by atoms with Crippen molar-refractivity contribution in [1.82, 2.24) is 15.0 Å². The number of fused-ring (bicyclic) bond motifs is 2. The van der Waals surface area contributed by atoms with Gasteiger partial charge in [0.1, 0.15) is 11.3 Å². The van der Waals surface area contributed by atoms with E-state index in [0.29, 0.717) is 16.5 Å². The number of amides is 2. The Balaban J connectivity index is 1.74. The highest BCUT2D eigenvalue weighted by atomic mass is 19.1. The zero-order chi connectivity index (χ0) is 19.3. The Kier molecular flexibility index (Phi) is 3.69. The smallest absolute Gasteiger partial charge is 0.324 e. The monoisotopic (exact) mass is 365 g/mol. The minimum Gasteiger partial charge on any atom is -0.324 e. The number of imide groups is 1. The summed E-state index contributed by atoms with van der Waals surface area (Å²) in [7, 11) is 0. The molecule has 134 valence electrons. The van der Waals surface area contributed by atoms with Gasteiger partial charge in [-0.1, -0.05) is 17.2 Å². The Labute approximate surface area is 152 Å². The van der Waals surface area contributed by atoms with Crippen LogP contribution in [0, 0.1) is 19.7 Å². The summed E-state index contributed by atoms with van der Waals surface area (Å²) in [5.74, 6) is -3.31. The van der Waals surface area contributed by atoms with Crippen molar-refractivity contribution in [3.63, 3.8) is 0 Å². The van der Waals surface area contributed by atoms with Gasteiger partial charge < -0.3 is 4.84 Å². The highest BCUT2D eigenvalue weighted by Crippen LogP contribution is 2.25. The molecule has 0 N–H and O–H groups in total. The van der Waals surface area contributed by atoms with Crippen LogP contribution in [0.4, 0.5) is 4.39 Å². The maximum atomic E-state index is 13.9. The van der Waals surface area contributed by atoms with Gasteiger partial charge in [0, 0.05) is 6.07 Å². The number of hydrogen-bond acceptors (Lipinski definition) is 6. The lowest BCUT2D eigenvalue weighted by Crippen LogP contribution is -2.32. The number of rotatable bonds is 2. The molecule has 2 heterocycles. The van der Waals surface area contributed by atoms with E-state index in [-0.39, 0.29) is 27.7 Å². The van der Waals surface area contributed by atoms with Crippen LogP contribution in [0.3, 0.4) is 0 Å². The van der Waals surface area contributed by atoms with E-state index >= 15 is 0 Å². The van der Waals surface area contributed by atoms with Gasteiger partial charge in [-0.15, -0.1) is 0 Å². The molecule has 7 nitrogen and oxygen atoms in total. The molecule has 0 atom stereocenters. The Hall–Kier alpha value is -3.68. The first-order valence-electron chi connectivity index (χ1n) is 8.01. The molecule has 2 amide bonds. The average molecular weight is 365 g/mol. The lowest BCUT2D eigenvalue weighted by atomic mass is 10.1. The fourth-order valence-corrected chi connectivity index (χ4v) is 2.84. The van der Waals surface area contributed by atoms with E-state index in [4.69, 9.17) is 4.84 Å². The summed E-state index contributed by atoms with van der Waals surface area (Å²) >= 11 is 0. The summed E-state index contributed by atoms with van der Waals surface area (Å²) in [5, 5.41) is 0.373. The second-order valence-electron chi connectivity index (χ2n) is 6.04. The molecule has 0 aliphatic carbocycles. The summed E-state index contributed by atoms with van der Waals surface area (Å²) in [6.45, 7) is 3.41. The van der Waals surface area contributed by atoms with E-state index in [2.05, 4.69) is 9.97 Å². The highest BCUT2D eigenvalue weighted by molar-refractivity contribution is 6.21. The van der Waals surface area contributed by atoms with E-state index in [0.717, 1.165) is 12.1 Å². The van der Waals surface area contributed by atoms with Crippen molar-refractivity contribution < 1.29 is 23.6 Å². The molecule has 0 unspecified atom stereocenters. The van der Waals surface area contributed by atoms with Gasteiger partial charge in [-0.2, -0.15) is 0 Å². The SMILES string of the molecule is Cc1nc2cc(F)cc(C(=O)ON3C(=O)c4ccccc4C3=O)c2nc1C. The van der Waals surface area contributed by atoms with E-state index in [1.54, 1.807) is 26.0 Å². The van der Waals surface area contributed by atoms with Gasteiger partial charge in [0.25, 0.3) is 11.8 Å². The fraction of sp³-hybridized carbons (Fsp3) is 0.105. The van der Waals surface area contributed by atoms with Crippen LogP contribution in [0.5, 0.6) is 0 Å². The molecule has 3 aromatic rings. The molecule has 0 saturated carbocycles. The van der Waals surface area contributed by atoms with Crippen LogP contribution in [0.25, 0.3) is 11.0 Å². The minimum atomic E-state index is -1.08. The summed E-state index contributed by atoms with van der Waals surface area (Å²) in [4.78, 5) is 50.7. The Morgan fingerprint density at radius 2 is 1.59 bits per heavy atom. The van der Waals surface area contributed by atoms with E-state index in [1.165, 1.54) is 12.1 Å². The van der Waals surface area contributed by atoms with Crippen LogP contribution >= 0.6 is 0 Å². The quantitative estimate of drug-likeness (QED) is 0.649. The van der Waals surface area contributed by atoms with Gasteiger partial charge in [-0.3, -0.25) is 9.59 Å². The van der Waals surface area contributed by atoms with Crippen molar-refractivity contribution in [3.05, 3.63) is 70.3 Å². The van der Waals surface area contributed by atoms with Crippen LogP contribution < -0.4 is 0 Å². The molecule has 4 rings (SSSR count). The number of carbonyl (C=O) groups is 3. The van der Waals surface area contributed by atoms with Crippen molar-refractivity contribution >= 4 is 28.8 Å². The Morgan fingerprint density at radius 3 is 2.22 bits per heavy atom. The number of carbonyl (C=O) groups excluding carboxylic acids is 3. The molecule has 0 bridgehead atoms. The Morgan fingerprint density at radius 1 is 1.00 bits per heavy atom. The van der Waals surface area contributed by atoms with Crippen LogP contribution in [-0.2, 0) is 4.84 Å². The van der Waals surface area contributed by atoms with E-state index in [9.17, 15) is 18.8 Å². The number of hydroxylamine groups is 2. The zero-order valence-electron chi connectivity index (χ0n) is 14.3. The highest BCUT2D eigenvalue weighted by Gasteiger charge is 2.39. The third-order valence-electron chi connectivity index (χ3n) is 4.30. The third-order valence-corrected chi connectivity index (χ3v) is 4.30. The molecular weight excluding hydrogens is 353 g/mol. The summed E-state index contributed by atoms with van der Waals surface area (Å²) in [6, 6.07) is 8.18. The molecule has 0 spiro atoms. The number of halogens is 1. The fourth-order valence-electron chi connectivity index (χ4n) is 2.84. The molecular formula is C19H12FN3O4. The van der Waals surface area contributed by atoms with Crippen molar-refractivity contribution in [2.45, 2.75) is 13.8 Å². The summed E-state index contributed by atoms with van der Waals surface area (Å²) in [5.41, 5.74) is 1.48. The lowest BCUT2D eigenvalue weighted by Gasteiger charge is -2.14. The molecule has 0 radical (unpaired) electrons. The largest absolute Gasteiger partial charge is 0.366 e. The summed E-state index contributed by atoms with van der Waals surface area (Å²) in [6.07, 6.45) is 0. The van der Waals surface area contributed by atoms with Crippen molar-refractivity contribution in [2.75, 3.05) is 0 Å². The third kappa shape index (κ3) is 2.62. The first kappa shape index (κ1) is 16.8. The van der Waals surface area contributed by atoms with Crippen molar-refractivity contribution in [3.8, 4) is 0 Å². The predicted octanol–water partition coefficient (Wildman–Crippen LogP) is 2.75. The van der Waals surface area contributed by atoms with Gasteiger partial charge in [-0.05, 0) is 32.0 Å². The number of hydrogen-bond donors (Lipinski definition) is 0. The molecule has 1 aliphatic heterocycles. The maximum Gasteiger partial charge on any atom is 0.366 e.